The van der Waals surface area contributed by atoms with Crippen LogP contribution in [0.2, 0.25) is 5.02 Å². The molecule has 0 fully saturated rings. The Morgan fingerprint density at radius 2 is 2.00 bits per heavy atom. The highest BCUT2D eigenvalue weighted by Gasteiger charge is 2.12. The molecule has 140 valence electrons. The van der Waals surface area contributed by atoms with Crippen LogP contribution in [0.4, 0.5) is 5.69 Å². The Kier molecular flexibility index (Phi) is 5.03. The molecule has 0 aliphatic carbocycles. The first kappa shape index (κ1) is 17.7. The molecule has 0 saturated carbocycles. The highest BCUT2D eigenvalue weighted by atomic mass is 35.5. The van der Waals surface area contributed by atoms with Gasteiger partial charge in [0.15, 0.2) is 5.76 Å². The van der Waals surface area contributed by atoms with Gasteiger partial charge in [0.2, 0.25) is 0 Å². The van der Waals surface area contributed by atoms with E-state index in [-0.39, 0.29) is 18.3 Å². The smallest absolute Gasteiger partial charge is 0.291 e. The number of benzene rings is 2. The molecule has 0 aliphatic heterocycles. The van der Waals surface area contributed by atoms with Crippen molar-refractivity contribution in [3.05, 3.63) is 83.5 Å². The summed E-state index contributed by atoms with van der Waals surface area (Å²) in [5, 5.41) is 14.4. The monoisotopic (exact) mass is 395 g/mol. The van der Waals surface area contributed by atoms with Crippen LogP contribution in [0.5, 0.6) is 5.75 Å². The van der Waals surface area contributed by atoms with E-state index >= 15 is 0 Å². The van der Waals surface area contributed by atoms with E-state index in [0.29, 0.717) is 22.2 Å². The van der Waals surface area contributed by atoms with Crippen LogP contribution in [-0.2, 0) is 6.61 Å². The summed E-state index contributed by atoms with van der Waals surface area (Å²) in [6, 6.07) is 17.4. The van der Waals surface area contributed by atoms with Crippen LogP contribution in [0.3, 0.4) is 0 Å². The van der Waals surface area contributed by atoms with Crippen LogP contribution in [0.1, 0.15) is 16.3 Å². The van der Waals surface area contributed by atoms with Crippen molar-refractivity contribution in [2.24, 2.45) is 0 Å². The highest BCUT2D eigenvalue weighted by Crippen LogP contribution is 2.19. The Morgan fingerprint density at radius 3 is 2.79 bits per heavy atom. The number of halogens is 1. The summed E-state index contributed by atoms with van der Waals surface area (Å²) in [6.07, 6.45) is 1.47. The number of anilines is 1. The third-order valence-corrected chi connectivity index (χ3v) is 4.05. The molecule has 0 radical (unpaired) electrons. The zero-order chi connectivity index (χ0) is 19.3. The molecule has 28 heavy (non-hydrogen) atoms. The molecule has 2 aromatic carbocycles. The molecule has 4 rings (SSSR count). The molecule has 2 aromatic heterocycles. The van der Waals surface area contributed by atoms with E-state index in [1.165, 1.54) is 11.0 Å². The lowest BCUT2D eigenvalue weighted by atomic mass is 10.2. The maximum atomic E-state index is 12.4. The minimum Gasteiger partial charge on any atom is -0.486 e. The minimum atomic E-state index is -0.369. The molecule has 4 aromatic rings. The van der Waals surface area contributed by atoms with Crippen LogP contribution in [0.15, 0.2) is 71.4 Å². The number of hydrogen-bond donors (Lipinski definition) is 1. The van der Waals surface area contributed by atoms with E-state index < -0.39 is 0 Å². The minimum absolute atomic E-state index is 0.183. The molecule has 0 saturated heterocycles. The predicted molar refractivity (Wildman–Crippen MR) is 102 cm³/mol. The van der Waals surface area contributed by atoms with Crippen molar-refractivity contribution in [2.75, 3.05) is 5.32 Å². The van der Waals surface area contributed by atoms with E-state index in [1.807, 2.05) is 6.07 Å². The fraction of sp³-hybridized carbons (Fsp3) is 0.0526. The van der Waals surface area contributed by atoms with Crippen LogP contribution in [0.25, 0.3) is 5.69 Å². The third kappa shape index (κ3) is 4.18. The SMILES string of the molecule is O=C(Nc1cccc(-n2cnnn2)c1)c1ccc(COc2ccc(Cl)cc2)o1. The Morgan fingerprint density at radius 1 is 1.14 bits per heavy atom. The number of hydrogen-bond acceptors (Lipinski definition) is 6. The van der Waals surface area contributed by atoms with Gasteiger partial charge in [-0.3, -0.25) is 4.79 Å². The standard InChI is InChI=1S/C19H14ClN5O3/c20-13-4-6-16(7-5-13)27-11-17-8-9-18(28-17)19(26)22-14-2-1-3-15(10-14)25-12-21-23-24-25/h1-10,12H,11H2,(H,22,26). The third-order valence-electron chi connectivity index (χ3n) is 3.80. The summed E-state index contributed by atoms with van der Waals surface area (Å²) in [5.41, 5.74) is 1.31. The number of nitrogens with zero attached hydrogens (tertiary/aromatic N) is 4. The average Bonchev–Trinajstić information content (AvgIpc) is 3.40. The molecule has 0 bridgehead atoms. The normalized spacial score (nSPS) is 10.6. The van der Waals surface area contributed by atoms with Gasteiger partial charge in [-0.25, -0.2) is 4.68 Å². The molecule has 8 nitrogen and oxygen atoms in total. The van der Waals surface area contributed by atoms with Gasteiger partial charge in [-0.05, 0) is 65.0 Å². The van der Waals surface area contributed by atoms with Crippen molar-refractivity contribution >= 4 is 23.2 Å². The maximum Gasteiger partial charge on any atom is 0.291 e. The number of tetrazole rings is 1. The Balaban J connectivity index is 1.39. The summed E-state index contributed by atoms with van der Waals surface area (Å²) < 4.78 is 12.7. The fourth-order valence-electron chi connectivity index (χ4n) is 2.46. The number of aromatic nitrogens is 4. The molecule has 1 amide bonds. The van der Waals surface area contributed by atoms with E-state index in [0.717, 1.165) is 5.69 Å². The zero-order valence-electron chi connectivity index (χ0n) is 14.4. The summed E-state index contributed by atoms with van der Waals surface area (Å²) in [5.74, 6) is 1.00. The van der Waals surface area contributed by atoms with Crippen molar-refractivity contribution in [1.82, 2.24) is 20.2 Å². The molecular formula is C19H14ClN5O3. The first-order valence-corrected chi connectivity index (χ1v) is 8.67. The second kappa shape index (κ2) is 7.93. The Bertz CT molecular complexity index is 1080. The lowest BCUT2D eigenvalue weighted by molar-refractivity contribution is 0.0992. The van der Waals surface area contributed by atoms with Crippen molar-refractivity contribution in [2.45, 2.75) is 6.61 Å². The highest BCUT2D eigenvalue weighted by molar-refractivity contribution is 6.30. The lowest BCUT2D eigenvalue weighted by Crippen LogP contribution is -2.11. The number of amides is 1. The van der Waals surface area contributed by atoms with Crippen LogP contribution in [-0.4, -0.2) is 26.1 Å². The molecule has 0 unspecified atom stereocenters. The number of nitrogens with one attached hydrogen (secondary N) is 1. The van der Waals surface area contributed by atoms with E-state index in [9.17, 15) is 4.79 Å². The quantitative estimate of drug-likeness (QED) is 0.534. The van der Waals surface area contributed by atoms with Gasteiger partial charge in [0.25, 0.3) is 5.91 Å². The molecule has 1 N–H and O–H groups in total. The second-order valence-corrected chi connectivity index (χ2v) is 6.20. The fourth-order valence-corrected chi connectivity index (χ4v) is 2.59. The van der Waals surface area contributed by atoms with E-state index in [2.05, 4.69) is 20.8 Å². The molecule has 0 atom stereocenters. The lowest BCUT2D eigenvalue weighted by Gasteiger charge is -2.06. The molecule has 0 spiro atoms. The zero-order valence-corrected chi connectivity index (χ0v) is 15.2. The first-order valence-electron chi connectivity index (χ1n) is 8.29. The van der Waals surface area contributed by atoms with Crippen molar-refractivity contribution in [3.8, 4) is 11.4 Å². The van der Waals surface area contributed by atoms with Gasteiger partial charge in [0.05, 0.1) is 5.69 Å². The number of rotatable bonds is 6. The molecule has 0 aliphatic rings. The number of carbonyl (C=O) groups is 1. The Hall–Kier alpha value is -3.65. The van der Waals surface area contributed by atoms with Gasteiger partial charge in [-0.15, -0.1) is 5.10 Å². The molecule has 9 heteroatoms. The van der Waals surface area contributed by atoms with E-state index in [1.54, 1.807) is 54.6 Å². The summed E-state index contributed by atoms with van der Waals surface area (Å²) in [7, 11) is 0. The second-order valence-electron chi connectivity index (χ2n) is 5.77. The topological polar surface area (TPSA) is 95.1 Å². The van der Waals surface area contributed by atoms with Crippen molar-refractivity contribution < 1.29 is 13.9 Å². The predicted octanol–water partition coefficient (Wildman–Crippen LogP) is 3.74. The van der Waals surface area contributed by atoms with Gasteiger partial charge in [0.1, 0.15) is 24.4 Å². The van der Waals surface area contributed by atoms with Gasteiger partial charge in [-0.1, -0.05) is 17.7 Å². The van der Waals surface area contributed by atoms with E-state index in [4.69, 9.17) is 20.8 Å². The number of ether oxygens (including phenoxy) is 1. The molecule has 2 heterocycles. The largest absolute Gasteiger partial charge is 0.486 e. The maximum absolute atomic E-state index is 12.4. The Labute approximate surface area is 164 Å². The van der Waals surface area contributed by atoms with Crippen LogP contribution in [0, 0.1) is 0 Å². The van der Waals surface area contributed by atoms with Crippen LogP contribution < -0.4 is 10.1 Å². The van der Waals surface area contributed by atoms with Gasteiger partial charge >= 0.3 is 0 Å². The van der Waals surface area contributed by atoms with Gasteiger partial charge in [-0.2, -0.15) is 0 Å². The molecular weight excluding hydrogens is 382 g/mol. The first-order chi connectivity index (χ1) is 13.7. The van der Waals surface area contributed by atoms with Crippen molar-refractivity contribution in [1.29, 1.82) is 0 Å². The summed E-state index contributed by atoms with van der Waals surface area (Å²) in [4.78, 5) is 12.4. The summed E-state index contributed by atoms with van der Waals surface area (Å²) >= 11 is 5.84. The number of carbonyl (C=O) groups excluding carboxylic acids is 1. The van der Waals surface area contributed by atoms with Gasteiger partial charge < -0.3 is 14.5 Å². The van der Waals surface area contributed by atoms with Crippen molar-refractivity contribution in [3.63, 3.8) is 0 Å². The summed E-state index contributed by atoms with van der Waals surface area (Å²) in [6.45, 7) is 0.198. The average molecular weight is 396 g/mol. The van der Waals surface area contributed by atoms with Crippen LogP contribution >= 0.6 is 11.6 Å². The van der Waals surface area contributed by atoms with Gasteiger partial charge in [0, 0.05) is 10.7 Å². The number of furan rings is 1.